The monoisotopic (exact) mass is 575 g/mol. The lowest BCUT2D eigenvalue weighted by atomic mass is 10.1. The lowest BCUT2D eigenvalue weighted by Gasteiger charge is -2.26. The van der Waals surface area contributed by atoms with Crippen molar-refractivity contribution >= 4 is 73.1 Å². The van der Waals surface area contributed by atoms with Gasteiger partial charge in [-0.3, -0.25) is 14.9 Å². The molecule has 0 saturated carbocycles. The highest BCUT2D eigenvalue weighted by atomic mass is 79.9. The number of hydrogen-bond donors (Lipinski definition) is 1. The second-order valence-corrected chi connectivity index (χ2v) is 9.29. The van der Waals surface area contributed by atoms with Gasteiger partial charge in [-0.15, -0.1) is 0 Å². The highest BCUT2D eigenvalue weighted by molar-refractivity contribution is 9.10. The lowest BCUT2D eigenvalue weighted by molar-refractivity contribution is -0.122. The van der Waals surface area contributed by atoms with Crippen LogP contribution in [0.15, 0.2) is 63.0 Å². The number of halogens is 3. The first-order valence-corrected chi connectivity index (χ1v) is 11.5. The van der Waals surface area contributed by atoms with E-state index in [4.69, 9.17) is 11.6 Å². The van der Waals surface area contributed by atoms with Crippen molar-refractivity contribution in [1.29, 1.82) is 0 Å². The number of nitrogens with zero attached hydrogens (tertiary/aromatic N) is 2. The molecule has 32 heavy (non-hydrogen) atoms. The summed E-state index contributed by atoms with van der Waals surface area (Å²) >= 11 is 12.9. The zero-order valence-corrected chi connectivity index (χ0v) is 20.9. The van der Waals surface area contributed by atoms with Crippen LogP contribution < -0.4 is 10.2 Å². The molecular weight excluding hydrogens is 562 g/mol. The fourth-order valence-electron chi connectivity index (χ4n) is 3.60. The molecule has 162 valence electrons. The normalized spacial score (nSPS) is 15.5. The summed E-state index contributed by atoms with van der Waals surface area (Å²) in [6.07, 6.45) is 1.51. The molecule has 1 aliphatic rings. The Morgan fingerprint density at radius 3 is 2.09 bits per heavy atom. The number of carbonyl (C=O) groups is 3. The summed E-state index contributed by atoms with van der Waals surface area (Å²) in [5.74, 6) is -1.45. The molecule has 1 aliphatic heterocycles. The molecule has 0 radical (unpaired) electrons. The average molecular weight is 578 g/mol. The highest BCUT2D eigenvalue weighted by Gasteiger charge is 2.37. The van der Waals surface area contributed by atoms with E-state index in [0.29, 0.717) is 16.3 Å². The molecule has 0 spiro atoms. The van der Waals surface area contributed by atoms with Crippen molar-refractivity contribution in [3.8, 4) is 5.69 Å². The van der Waals surface area contributed by atoms with Crippen LogP contribution in [-0.2, 0) is 9.59 Å². The van der Waals surface area contributed by atoms with Gasteiger partial charge in [-0.25, -0.2) is 9.69 Å². The summed E-state index contributed by atoms with van der Waals surface area (Å²) in [6.45, 7) is 3.84. The smallest absolute Gasteiger partial charge is 0.317 e. The Bertz CT molecular complexity index is 1300. The van der Waals surface area contributed by atoms with Crippen molar-refractivity contribution < 1.29 is 14.4 Å². The van der Waals surface area contributed by atoms with Crippen molar-refractivity contribution in [3.05, 3.63) is 85.0 Å². The predicted octanol–water partition coefficient (Wildman–Crippen LogP) is 5.94. The zero-order valence-electron chi connectivity index (χ0n) is 16.9. The van der Waals surface area contributed by atoms with Gasteiger partial charge in [-0.05, 0) is 84.4 Å². The number of amides is 4. The topological polar surface area (TPSA) is 71.4 Å². The molecule has 4 rings (SSSR count). The standard InChI is InChI=1S/C23H16Br2ClN3O3/c1-12-18(20(25)13(2)28(12)16-7-3-14(24)4-8-16)11-19-21(30)27-23(32)29(22(19)31)17-9-5-15(26)6-10-17/h3-11H,1-2H3,(H,27,30,32)/b19-11+. The molecule has 4 amide bonds. The van der Waals surface area contributed by atoms with Gasteiger partial charge in [-0.1, -0.05) is 27.5 Å². The summed E-state index contributed by atoms with van der Waals surface area (Å²) in [4.78, 5) is 39.1. The van der Waals surface area contributed by atoms with Crippen LogP contribution in [0.2, 0.25) is 5.02 Å². The Kier molecular flexibility index (Phi) is 6.11. The van der Waals surface area contributed by atoms with Crippen LogP contribution in [0.3, 0.4) is 0 Å². The van der Waals surface area contributed by atoms with Crippen molar-refractivity contribution in [3.63, 3.8) is 0 Å². The van der Waals surface area contributed by atoms with E-state index in [1.165, 1.54) is 6.08 Å². The summed E-state index contributed by atoms with van der Waals surface area (Å²) in [5.41, 5.74) is 3.52. The molecule has 0 unspecified atom stereocenters. The predicted molar refractivity (Wildman–Crippen MR) is 131 cm³/mol. The minimum absolute atomic E-state index is 0.142. The number of barbiturate groups is 1. The van der Waals surface area contributed by atoms with E-state index in [2.05, 4.69) is 37.2 Å². The van der Waals surface area contributed by atoms with Gasteiger partial charge < -0.3 is 4.57 Å². The molecular formula is C23H16Br2ClN3O3. The molecule has 2 aromatic carbocycles. The molecule has 1 N–H and O–H groups in total. The molecule has 0 aliphatic carbocycles. The maximum Gasteiger partial charge on any atom is 0.335 e. The largest absolute Gasteiger partial charge is 0.335 e. The Balaban J connectivity index is 1.80. The second kappa shape index (κ2) is 8.69. The summed E-state index contributed by atoms with van der Waals surface area (Å²) in [7, 11) is 0. The summed E-state index contributed by atoms with van der Waals surface area (Å²) in [6, 6.07) is 13.2. The van der Waals surface area contributed by atoms with E-state index in [1.807, 2.05) is 42.7 Å². The molecule has 1 saturated heterocycles. The molecule has 1 fully saturated rings. The molecule has 0 atom stereocenters. The minimum Gasteiger partial charge on any atom is -0.317 e. The third-order valence-corrected chi connectivity index (χ3v) is 6.96. The van der Waals surface area contributed by atoms with Gasteiger partial charge in [0.05, 0.1) is 5.69 Å². The van der Waals surface area contributed by atoms with Crippen molar-refractivity contribution in [1.82, 2.24) is 9.88 Å². The minimum atomic E-state index is -0.807. The quantitative estimate of drug-likeness (QED) is 0.310. The van der Waals surface area contributed by atoms with Crippen LogP contribution >= 0.6 is 43.5 Å². The van der Waals surface area contributed by atoms with E-state index in [9.17, 15) is 14.4 Å². The number of anilines is 1. The number of aromatic nitrogens is 1. The number of benzene rings is 2. The Morgan fingerprint density at radius 1 is 0.875 bits per heavy atom. The SMILES string of the molecule is Cc1c(Br)c(/C=C2\C(=O)NC(=O)N(c3ccc(Cl)cc3)C2=O)c(C)n1-c1ccc(Br)cc1. The number of rotatable bonds is 3. The van der Waals surface area contributed by atoms with E-state index < -0.39 is 17.8 Å². The van der Waals surface area contributed by atoms with Gasteiger partial charge in [0, 0.05) is 36.6 Å². The Morgan fingerprint density at radius 2 is 1.47 bits per heavy atom. The fourth-order valence-corrected chi connectivity index (χ4v) is 4.56. The second-order valence-electron chi connectivity index (χ2n) is 7.14. The molecule has 3 aromatic rings. The number of carbonyl (C=O) groups excluding carboxylic acids is 3. The maximum atomic E-state index is 13.2. The summed E-state index contributed by atoms with van der Waals surface area (Å²) in [5, 5.41) is 2.71. The van der Waals surface area contributed by atoms with Crippen LogP contribution in [0.25, 0.3) is 11.8 Å². The van der Waals surface area contributed by atoms with Gasteiger partial charge in [0.15, 0.2) is 0 Å². The molecule has 0 bridgehead atoms. The first-order chi connectivity index (χ1) is 15.2. The van der Waals surface area contributed by atoms with E-state index >= 15 is 0 Å². The van der Waals surface area contributed by atoms with Crippen LogP contribution in [0.4, 0.5) is 10.5 Å². The Hall–Kier alpha value is -2.68. The van der Waals surface area contributed by atoms with Crippen LogP contribution in [0.1, 0.15) is 17.0 Å². The van der Waals surface area contributed by atoms with Crippen molar-refractivity contribution in [2.75, 3.05) is 4.90 Å². The van der Waals surface area contributed by atoms with Gasteiger partial charge in [0.2, 0.25) is 0 Å². The van der Waals surface area contributed by atoms with Gasteiger partial charge in [-0.2, -0.15) is 0 Å². The number of imide groups is 2. The third-order valence-electron chi connectivity index (χ3n) is 5.17. The zero-order chi connectivity index (χ0) is 23.2. The number of nitrogens with one attached hydrogen (secondary N) is 1. The van der Waals surface area contributed by atoms with E-state index in [0.717, 1.165) is 30.9 Å². The van der Waals surface area contributed by atoms with Crippen molar-refractivity contribution in [2.45, 2.75) is 13.8 Å². The first kappa shape index (κ1) is 22.5. The first-order valence-electron chi connectivity index (χ1n) is 9.49. The fraction of sp³-hybridized carbons (Fsp3) is 0.0870. The highest BCUT2D eigenvalue weighted by Crippen LogP contribution is 2.33. The van der Waals surface area contributed by atoms with Crippen molar-refractivity contribution in [2.24, 2.45) is 0 Å². The van der Waals surface area contributed by atoms with Crippen LogP contribution in [0.5, 0.6) is 0 Å². The van der Waals surface area contributed by atoms with Crippen LogP contribution in [0, 0.1) is 13.8 Å². The van der Waals surface area contributed by atoms with E-state index in [-0.39, 0.29) is 5.57 Å². The Labute approximate surface area is 206 Å². The van der Waals surface area contributed by atoms with Gasteiger partial charge in [0.25, 0.3) is 11.8 Å². The molecule has 9 heteroatoms. The number of hydrogen-bond acceptors (Lipinski definition) is 3. The molecule has 2 heterocycles. The number of urea groups is 1. The molecule has 6 nitrogen and oxygen atoms in total. The maximum absolute atomic E-state index is 13.2. The molecule has 1 aromatic heterocycles. The lowest BCUT2D eigenvalue weighted by Crippen LogP contribution is -2.54. The van der Waals surface area contributed by atoms with E-state index in [1.54, 1.807) is 24.3 Å². The average Bonchev–Trinajstić information content (AvgIpc) is 2.96. The third kappa shape index (κ3) is 3.94. The van der Waals surface area contributed by atoms with Gasteiger partial charge in [0.1, 0.15) is 5.57 Å². The van der Waals surface area contributed by atoms with Gasteiger partial charge >= 0.3 is 6.03 Å². The van der Waals surface area contributed by atoms with Crippen LogP contribution in [-0.4, -0.2) is 22.4 Å². The summed E-state index contributed by atoms with van der Waals surface area (Å²) < 4.78 is 3.73.